The third kappa shape index (κ3) is 2.69. The molecular weight excluding hydrogens is 306 g/mol. The minimum atomic E-state index is -0.733. The lowest BCUT2D eigenvalue weighted by Gasteiger charge is -2.32. The molecule has 4 rings (SSSR count). The van der Waals surface area contributed by atoms with E-state index in [0.717, 1.165) is 24.9 Å². The van der Waals surface area contributed by atoms with Gasteiger partial charge in [-0.2, -0.15) is 4.68 Å². The van der Waals surface area contributed by atoms with Crippen LogP contribution in [0.25, 0.3) is 5.69 Å². The van der Waals surface area contributed by atoms with Crippen molar-refractivity contribution in [3.8, 4) is 5.69 Å². The summed E-state index contributed by atoms with van der Waals surface area (Å²) in [6.45, 7) is 0.472. The summed E-state index contributed by atoms with van der Waals surface area (Å²) < 4.78 is 1.70. The molecule has 0 spiro atoms. The number of likely N-dealkylation sites (tertiary alicyclic amines) is 1. The quantitative estimate of drug-likeness (QED) is 0.923. The second-order valence-corrected chi connectivity index (χ2v) is 6.72. The topological polar surface area (TPSA) is 84.1 Å². The summed E-state index contributed by atoms with van der Waals surface area (Å²) in [7, 11) is 0. The van der Waals surface area contributed by atoms with Gasteiger partial charge in [-0.3, -0.25) is 9.69 Å². The lowest BCUT2D eigenvalue weighted by Crippen LogP contribution is -2.42. The number of aromatic nitrogens is 4. The van der Waals surface area contributed by atoms with E-state index in [9.17, 15) is 9.90 Å². The van der Waals surface area contributed by atoms with Crippen molar-refractivity contribution >= 4 is 5.97 Å². The van der Waals surface area contributed by atoms with Crippen LogP contribution in [0, 0.1) is 5.92 Å². The lowest BCUT2D eigenvalue weighted by molar-refractivity contribution is -0.143. The van der Waals surface area contributed by atoms with Gasteiger partial charge in [0.25, 0.3) is 0 Å². The van der Waals surface area contributed by atoms with Gasteiger partial charge in [0.15, 0.2) is 5.82 Å². The van der Waals surface area contributed by atoms with Crippen molar-refractivity contribution in [2.24, 2.45) is 5.92 Å². The Morgan fingerprint density at radius 3 is 2.79 bits per heavy atom. The highest BCUT2D eigenvalue weighted by Gasteiger charge is 2.45. The van der Waals surface area contributed by atoms with E-state index < -0.39 is 12.0 Å². The number of aliphatic carboxylic acids is 1. The van der Waals surface area contributed by atoms with Crippen molar-refractivity contribution in [1.82, 2.24) is 25.1 Å². The van der Waals surface area contributed by atoms with Gasteiger partial charge in [0.05, 0.1) is 12.2 Å². The zero-order valence-corrected chi connectivity index (χ0v) is 13.5. The van der Waals surface area contributed by atoms with Crippen LogP contribution in [0.1, 0.15) is 37.9 Å². The second kappa shape index (κ2) is 6.32. The number of carbonyl (C=O) groups is 1. The van der Waals surface area contributed by atoms with E-state index >= 15 is 0 Å². The molecule has 126 valence electrons. The van der Waals surface area contributed by atoms with Gasteiger partial charge in [-0.05, 0) is 47.7 Å². The zero-order chi connectivity index (χ0) is 16.5. The van der Waals surface area contributed by atoms with Crippen LogP contribution >= 0.6 is 0 Å². The molecule has 7 heteroatoms. The molecule has 3 unspecified atom stereocenters. The first kappa shape index (κ1) is 15.3. The summed E-state index contributed by atoms with van der Waals surface area (Å²) >= 11 is 0. The van der Waals surface area contributed by atoms with Gasteiger partial charge in [0, 0.05) is 6.04 Å². The Hall–Kier alpha value is -2.28. The van der Waals surface area contributed by atoms with Crippen LogP contribution in [0.2, 0.25) is 0 Å². The van der Waals surface area contributed by atoms with E-state index in [2.05, 4.69) is 20.4 Å². The number of hydrogen-bond acceptors (Lipinski definition) is 5. The van der Waals surface area contributed by atoms with Crippen LogP contribution in [0.15, 0.2) is 30.3 Å². The molecule has 2 fully saturated rings. The number of benzene rings is 1. The Morgan fingerprint density at radius 1 is 1.21 bits per heavy atom. The van der Waals surface area contributed by atoms with Crippen LogP contribution in [-0.4, -0.2) is 48.3 Å². The van der Waals surface area contributed by atoms with Crippen molar-refractivity contribution in [3.05, 3.63) is 36.2 Å². The van der Waals surface area contributed by atoms with Crippen molar-refractivity contribution in [2.75, 3.05) is 0 Å². The Balaban J connectivity index is 1.62. The molecule has 7 nitrogen and oxygen atoms in total. The molecule has 1 aliphatic carbocycles. The third-order valence-electron chi connectivity index (χ3n) is 5.37. The Bertz CT molecular complexity index is 717. The standard InChI is InChI=1S/C17H21N5O2/c23-17(24)15-10-12-6-4-5-9-14(12)21(15)11-16-18-19-20-22(16)13-7-2-1-3-8-13/h1-3,7-8,12,14-15H,4-6,9-11H2,(H,23,24). The molecule has 2 aromatic rings. The molecule has 1 saturated heterocycles. The fraction of sp³-hybridized carbons (Fsp3) is 0.529. The summed E-state index contributed by atoms with van der Waals surface area (Å²) in [5.41, 5.74) is 0.892. The Morgan fingerprint density at radius 2 is 2.00 bits per heavy atom. The smallest absolute Gasteiger partial charge is 0.320 e. The molecule has 0 amide bonds. The molecule has 1 aliphatic heterocycles. The summed E-state index contributed by atoms with van der Waals surface area (Å²) in [6.07, 6.45) is 5.33. The van der Waals surface area contributed by atoms with Crippen molar-refractivity contribution in [3.63, 3.8) is 0 Å². The number of tetrazole rings is 1. The maximum absolute atomic E-state index is 11.7. The lowest BCUT2D eigenvalue weighted by atomic mass is 9.85. The van der Waals surface area contributed by atoms with Gasteiger partial charge in [0.2, 0.25) is 0 Å². The van der Waals surface area contributed by atoms with E-state index in [1.807, 2.05) is 30.3 Å². The summed E-state index contributed by atoms with van der Waals surface area (Å²) in [4.78, 5) is 13.8. The predicted octanol–water partition coefficient (Wildman–Crippen LogP) is 1.88. The number of hydrogen-bond donors (Lipinski definition) is 1. The summed E-state index contributed by atoms with van der Waals surface area (Å²) in [6, 6.07) is 9.62. The number of carboxylic acids is 1. The fourth-order valence-corrected chi connectivity index (χ4v) is 4.26. The summed E-state index contributed by atoms with van der Waals surface area (Å²) in [5, 5.41) is 21.7. The molecule has 2 aliphatic rings. The van der Waals surface area contributed by atoms with Gasteiger partial charge < -0.3 is 5.11 Å². The molecule has 1 saturated carbocycles. The van der Waals surface area contributed by atoms with Crippen molar-refractivity contribution in [1.29, 1.82) is 0 Å². The van der Waals surface area contributed by atoms with Gasteiger partial charge in [-0.15, -0.1) is 5.10 Å². The third-order valence-corrected chi connectivity index (χ3v) is 5.37. The van der Waals surface area contributed by atoms with Gasteiger partial charge in [0.1, 0.15) is 6.04 Å². The van der Waals surface area contributed by atoms with Crippen molar-refractivity contribution in [2.45, 2.75) is 50.7 Å². The average molecular weight is 327 g/mol. The first-order valence-corrected chi connectivity index (χ1v) is 8.55. The number of nitrogens with zero attached hydrogens (tertiary/aromatic N) is 5. The van der Waals surface area contributed by atoms with Crippen LogP contribution in [0.5, 0.6) is 0 Å². The first-order valence-electron chi connectivity index (χ1n) is 8.55. The van der Waals surface area contributed by atoms with E-state index in [0.29, 0.717) is 24.3 Å². The minimum Gasteiger partial charge on any atom is -0.480 e. The van der Waals surface area contributed by atoms with Gasteiger partial charge in [-0.25, -0.2) is 0 Å². The van der Waals surface area contributed by atoms with E-state index in [-0.39, 0.29) is 0 Å². The van der Waals surface area contributed by atoms with Crippen LogP contribution < -0.4 is 0 Å². The molecule has 0 radical (unpaired) electrons. The molecular formula is C17H21N5O2. The zero-order valence-electron chi connectivity index (χ0n) is 13.5. The minimum absolute atomic E-state index is 0.334. The van der Waals surface area contributed by atoms with E-state index in [1.165, 1.54) is 12.8 Å². The molecule has 24 heavy (non-hydrogen) atoms. The SMILES string of the molecule is O=C(O)C1CC2CCCCC2N1Cc1nnnn1-c1ccccc1. The first-order chi connectivity index (χ1) is 11.7. The molecule has 1 aromatic carbocycles. The molecule has 0 bridgehead atoms. The molecule has 2 heterocycles. The highest BCUT2D eigenvalue weighted by Crippen LogP contribution is 2.40. The summed E-state index contributed by atoms with van der Waals surface area (Å²) in [5.74, 6) is 0.447. The molecule has 3 atom stereocenters. The van der Waals surface area contributed by atoms with Crippen LogP contribution in [0.3, 0.4) is 0 Å². The number of fused-ring (bicyclic) bond motifs is 1. The number of para-hydroxylation sites is 1. The van der Waals surface area contributed by atoms with Crippen LogP contribution in [0.4, 0.5) is 0 Å². The van der Waals surface area contributed by atoms with Gasteiger partial charge in [-0.1, -0.05) is 31.0 Å². The fourth-order valence-electron chi connectivity index (χ4n) is 4.26. The maximum atomic E-state index is 11.7. The largest absolute Gasteiger partial charge is 0.480 e. The Kier molecular flexibility index (Phi) is 4.02. The Labute approximate surface area is 140 Å². The predicted molar refractivity (Wildman–Crippen MR) is 86.5 cm³/mol. The second-order valence-electron chi connectivity index (χ2n) is 6.72. The van der Waals surface area contributed by atoms with Gasteiger partial charge >= 0.3 is 5.97 Å². The van der Waals surface area contributed by atoms with E-state index in [4.69, 9.17) is 0 Å². The van der Waals surface area contributed by atoms with E-state index in [1.54, 1.807) is 4.68 Å². The highest BCUT2D eigenvalue weighted by molar-refractivity contribution is 5.74. The average Bonchev–Trinajstić information content (AvgIpc) is 3.21. The number of carboxylic acid groups (broad SMARTS) is 1. The van der Waals surface area contributed by atoms with Crippen molar-refractivity contribution < 1.29 is 9.90 Å². The monoisotopic (exact) mass is 327 g/mol. The normalized spacial score (nSPS) is 27.1. The molecule has 1 aromatic heterocycles. The molecule has 1 N–H and O–H groups in total. The maximum Gasteiger partial charge on any atom is 0.320 e. The highest BCUT2D eigenvalue weighted by atomic mass is 16.4. The number of rotatable bonds is 4. The van der Waals surface area contributed by atoms with Crippen LogP contribution in [-0.2, 0) is 11.3 Å².